The van der Waals surface area contributed by atoms with E-state index in [9.17, 15) is 4.79 Å². The lowest BCUT2D eigenvalue weighted by atomic mass is 9.93. The highest BCUT2D eigenvalue weighted by molar-refractivity contribution is 6.10. The Morgan fingerprint density at radius 1 is 1.12 bits per heavy atom. The van der Waals surface area contributed by atoms with E-state index < -0.39 is 0 Å². The highest BCUT2D eigenvalue weighted by Gasteiger charge is 2.13. The van der Waals surface area contributed by atoms with Crippen LogP contribution in [0.2, 0.25) is 0 Å². The van der Waals surface area contributed by atoms with Crippen LogP contribution in [0.1, 0.15) is 40.9 Å². The lowest BCUT2D eigenvalue weighted by Crippen LogP contribution is -2.06. The van der Waals surface area contributed by atoms with E-state index in [1.807, 2.05) is 45.9 Å². The molecule has 0 amide bonds. The Morgan fingerprint density at radius 3 is 2.12 bits per heavy atom. The zero-order chi connectivity index (χ0) is 13.0. The van der Waals surface area contributed by atoms with Gasteiger partial charge in [-0.05, 0) is 51.3 Å². The molecule has 0 heterocycles. The van der Waals surface area contributed by atoms with Crippen LogP contribution in [0.4, 0.5) is 0 Å². The molecule has 0 aliphatic heterocycles. The summed E-state index contributed by atoms with van der Waals surface area (Å²) in [7, 11) is 0. The number of ketones is 1. The molecule has 0 spiro atoms. The largest absolute Gasteiger partial charge is 0.289 e. The number of hydrogen-bond donors (Lipinski definition) is 0. The predicted octanol–water partition coefficient (Wildman–Crippen LogP) is 4.32. The zero-order valence-electron chi connectivity index (χ0n) is 11.3. The molecular weight excluding hydrogens is 208 g/mol. The molecule has 0 bridgehead atoms. The molecule has 1 aromatic carbocycles. The highest BCUT2D eigenvalue weighted by atomic mass is 16.1. The molecule has 0 radical (unpaired) electrons. The Morgan fingerprint density at radius 2 is 1.65 bits per heavy atom. The van der Waals surface area contributed by atoms with Crippen molar-refractivity contribution in [1.82, 2.24) is 0 Å². The molecule has 1 heteroatoms. The Bertz CT molecular complexity index is 467. The number of carbonyl (C=O) groups is 1. The fourth-order valence-corrected chi connectivity index (χ4v) is 2.05. The van der Waals surface area contributed by atoms with Crippen LogP contribution in [0.3, 0.4) is 0 Å². The molecule has 0 unspecified atom stereocenters. The van der Waals surface area contributed by atoms with E-state index in [1.165, 1.54) is 5.56 Å². The third-order valence-electron chi connectivity index (χ3n) is 2.80. The maximum atomic E-state index is 12.3. The normalized spacial score (nSPS) is 12.2. The van der Waals surface area contributed by atoms with Crippen molar-refractivity contribution in [3.05, 3.63) is 58.2 Å². The topological polar surface area (TPSA) is 17.1 Å². The van der Waals surface area contributed by atoms with Crippen LogP contribution in [0, 0.1) is 20.8 Å². The summed E-state index contributed by atoms with van der Waals surface area (Å²) in [6.45, 7) is 9.85. The first-order chi connectivity index (χ1) is 7.97. The molecule has 0 fully saturated rings. The molecule has 0 saturated heterocycles. The quantitative estimate of drug-likeness (QED) is 0.428. The van der Waals surface area contributed by atoms with Crippen molar-refractivity contribution in [2.75, 3.05) is 0 Å². The van der Waals surface area contributed by atoms with Crippen molar-refractivity contribution in [2.24, 2.45) is 0 Å². The summed E-state index contributed by atoms with van der Waals surface area (Å²) in [5.41, 5.74) is 4.93. The van der Waals surface area contributed by atoms with Gasteiger partial charge in [0.25, 0.3) is 0 Å². The van der Waals surface area contributed by atoms with Crippen molar-refractivity contribution in [3.8, 4) is 0 Å². The second kappa shape index (κ2) is 5.62. The minimum Gasteiger partial charge on any atom is -0.289 e. The van der Waals surface area contributed by atoms with E-state index in [4.69, 9.17) is 0 Å². The molecule has 1 nitrogen and oxygen atoms in total. The predicted molar refractivity (Wildman–Crippen MR) is 73.6 cm³/mol. The summed E-state index contributed by atoms with van der Waals surface area (Å²) in [4.78, 5) is 12.3. The summed E-state index contributed by atoms with van der Waals surface area (Å²) in [6, 6.07) is 4.12. The van der Waals surface area contributed by atoms with E-state index in [2.05, 4.69) is 19.1 Å². The molecule has 0 saturated carbocycles. The molecule has 1 rings (SSSR count). The van der Waals surface area contributed by atoms with Crippen LogP contribution in [0.25, 0.3) is 0 Å². The van der Waals surface area contributed by atoms with Gasteiger partial charge in [-0.1, -0.05) is 35.9 Å². The second-order valence-corrected chi connectivity index (χ2v) is 4.48. The van der Waals surface area contributed by atoms with E-state index in [0.29, 0.717) is 0 Å². The van der Waals surface area contributed by atoms with Gasteiger partial charge in [0.15, 0.2) is 5.78 Å². The average Bonchev–Trinajstić information content (AvgIpc) is 2.24. The number of allylic oxidation sites excluding steroid dienone is 4. The van der Waals surface area contributed by atoms with Gasteiger partial charge < -0.3 is 0 Å². The number of aryl methyl sites for hydroxylation is 3. The molecule has 0 aliphatic rings. The van der Waals surface area contributed by atoms with E-state index in [0.717, 1.165) is 22.3 Å². The zero-order valence-corrected chi connectivity index (χ0v) is 11.3. The fourth-order valence-electron chi connectivity index (χ4n) is 2.05. The van der Waals surface area contributed by atoms with Crippen LogP contribution in [0.5, 0.6) is 0 Å². The summed E-state index contributed by atoms with van der Waals surface area (Å²) >= 11 is 0. The molecule has 0 atom stereocenters. The number of Topliss-reactive ketones (excluding diaryl/α,β-unsaturated/α-hetero) is 1. The molecule has 90 valence electrons. The van der Waals surface area contributed by atoms with Gasteiger partial charge in [-0.3, -0.25) is 4.79 Å². The average molecular weight is 228 g/mol. The van der Waals surface area contributed by atoms with Crippen LogP contribution < -0.4 is 0 Å². The lowest BCUT2D eigenvalue weighted by Gasteiger charge is -2.10. The molecule has 17 heavy (non-hydrogen) atoms. The summed E-state index contributed by atoms with van der Waals surface area (Å²) in [5, 5.41) is 0. The minimum absolute atomic E-state index is 0.123. The molecule has 0 N–H and O–H groups in total. The summed E-state index contributed by atoms with van der Waals surface area (Å²) in [6.07, 6.45) is 5.68. The van der Waals surface area contributed by atoms with Gasteiger partial charge in [-0.15, -0.1) is 0 Å². The number of hydrogen-bond acceptors (Lipinski definition) is 1. The highest BCUT2D eigenvalue weighted by Crippen LogP contribution is 2.19. The Kier molecular flexibility index (Phi) is 4.45. The van der Waals surface area contributed by atoms with Gasteiger partial charge >= 0.3 is 0 Å². The Labute approximate surface area is 104 Å². The fraction of sp³-hybridized carbons (Fsp3) is 0.312. The van der Waals surface area contributed by atoms with Gasteiger partial charge in [0.2, 0.25) is 0 Å². The molecule has 0 aliphatic carbocycles. The van der Waals surface area contributed by atoms with Crippen molar-refractivity contribution >= 4 is 5.78 Å². The minimum atomic E-state index is 0.123. The summed E-state index contributed by atoms with van der Waals surface area (Å²) < 4.78 is 0. The van der Waals surface area contributed by atoms with Crippen LogP contribution in [-0.4, -0.2) is 5.78 Å². The Balaban J connectivity index is 3.22. The smallest absolute Gasteiger partial charge is 0.189 e. The first kappa shape index (κ1) is 13.4. The molecule has 1 aromatic rings. The lowest BCUT2D eigenvalue weighted by molar-refractivity contribution is 0.103. The standard InChI is InChI=1S/C16H20O/c1-6-7-8-12(3)16(17)15-13(4)9-11(2)10-14(15)5/h6-10H,1-5H3/b7-6-,12-8-. The van der Waals surface area contributed by atoms with Crippen molar-refractivity contribution in [1.29, 1.82) is 0 Å². The van der Waals surface area contributed by atoms with Gasteiger partial charge in [0.05, 0.1) is 0 Å². The van der Waals surface area contributed by atoms with E-state index in [-0.39, 0.29) is 5.78 Å². The number of carbonyl (C=O) groups excluding carboxylic acids is 1. The van der Waals surface area contributed by atoms with Crippen LogP contribution >= 0.6 is 0 Å². The van der Waals surface area contributed by atoms with Crippen LogP contribution in [0.15, 0.2) is 35.9 Å². The second-order valence-electron chi connectivity index (χ2n) is 4.48. The molecule has 0 aromatic heterocycles. The maximum absolute atomic E-state index is 12.3. The van der Waals surface area contributed by atoms with Gasteiger partial charge in [0.1, 0.15) is 0 Å². The third-order valence-corrected chi connectivity index (χ3v) is 2.80. The van der Waals surface area contributed by atoms with Gasteiger partial charge in [-0.2, -0.15) is 0 Å². The number of benzene rings is 1. The van der Waals surface area contributed by atoms with Gasteiger partial charge in [0, 0.05) is 5.56 Å². The third kappa shape index (κ3) is 3.16. The van der Waals surface area contributed by atoms with Crippen molar-refractivity contribution in [3.63, 3.8) is 0 Å². The van der Waals surface area contributed by atoms with E-state index >= 15 is 0 Å². The SMILES string of the molecule is C/C=C\C=C(\C)C(=O)c1c(C)cc(C)cc1C. The first-order valence-electron chi connectivity index (χ1n) is 5.89. The summed E-state index contributed by atoms with van der Waals surface area (Å²) in [5.74, 6) is 0.123. The van der Waals surface area contributed by atoms with Gasteiger partial charge in [-0.25, -0.2) is 0 Å². The van der Waals surface area contributed by atoms with Crippen molar-refractivity contribution < 1.29 is 4.79 Å². The number of rotatable bonds is 3. The Hall–Kier alpha value is -1.63. The van der Waals surface area contributed by atoms with Crippen molar-refractivity contribution in [2.45, 2.75) is 34.6 Å². The maximum Gasteiger partial charge on any atom is 0.189 e. The van der Waals surface area contributed by atoms with E-state index in [1.54, 1.807) is 0 Å². The first-order valence-corrected chi connectivity index (χ1v) is 5.89. The van der Waals surface area contributed by atoms with Crippen LogP contribution in [-0.2, 0) is 0 Å². The monoisotopic (exact) mass is 228 g/mol. The molecular formula is C16H20O.